The highest BCUT2D eigenvalue weighted by atomic mass is 19.1. The SMILES string of the molecule is CN=C(NCCc1ccc(F)cc1)NCC(=O)Nc1cccc(F)c1. The van der Waals surface area contributed by atoms with E-state index in [1.807, 2.05) is 0 Å². The normalized spacial score (nSPS) is 11.1. The van der Waals surface area contributed by atoms with Gasteiger partial charge in [-0.05, 0) is 42.3 Å². The van der Waals surface area contributed by atoms with Crippen molar-refractivity contribution in [2.45, 2.75) is 6.42 Å². The van der Waals surface area contributed by atoms with Crippen LogP contribution in [0.2, 0.25) is 0 Å². The Morgan fingerprint density at radius 3 is 2.48 bits per heavy atom. The van der Waals surface area contributed by atoms with E-state index in [1.54, 1.807) is 25.2 Å². The molecule has 25 heavy (non-hydrogen) atoms. The number of benzene rings is 2. The number of amides is 1. The van der Waals surface area contributed by atoms with E-state index in [9.17, 15) is 13.6 Å². The third-order valence-electron chi connectivity index (χ3n) is 3.37. The number of carbonyl (C=O) groups is 1. The second-order valence-corrected chi connectivity index (χ2v) is 5.29. The number of hydrogen-bond donors (Lipinski definition) is 3. The van der Waals surface area contributed by atoms with E-state index in [-0.39, 0.29) is 18.3 Å². The van der Waals surface area contributed by atoms with Crippen molar-refractivity contribution in [2.24, 2.45) is 4.99 Å². The molecule has 0 aromatic heterocycles. The molecule has 132 valence electrons. The first-order chi connectivity index (χ1) is 12.1. The molecule has 0 saturated heterocycles. The van der Waals surface area contributed by atoms with E-state index in [2.05, 4.69) is 20.9 Å². The Hall–Kier alpha value is -2.96. The molecule has 0 radical (unpaired) electrons. The van der Waals surface area contributed by atoms with Gasteiger partial charge < -0.3 is 16.0 Å². The molecular weight excluding hydrogens is 326 g/mol. The summed E-state index contributed by atoms with van der Waals surface area (Å²) >= 11 is 0. The minimum absolute atomic E-state index is 0.00721. The van der Waals surface area contributed by atoms with Crippen molar-refractivity contribution >= 4 is 17.6 Å². The largest absolute Gasteiger partial charge is 0.356 e. The molecule has 2 aromatic carbocycles. The van der Waals surface area contributed by atoms with Gasteiger partial charge in [-0.2, -0.15) is 0 Å². The quantitative estimate of drug-likeness (QED) is 0.555. The zero-order chi connectivity index (χ0) is 18.1. The maximum atomic E-state index is 13.1. The molecule has 0 aliphatic carbocycles. The molecule has 0 aliphatic heterocycles. The van der Waals surface area contributed by atoms with Crippen LogP contribution in [0.15, 0.2) is 53.5 Å². The lowest BCUT2D eigenvalue weighted by atomic mass is 10.1. The third-order valence-corrected chi connectivity index (χ3v) is 3.37. The molecule has 0 heterocycles. The minimum Gasteiger partial charge on any atom is -0.356 e. The van der Waals surface area contributed by atoms with Crippen LogP contribution in [0.1, 0.15) is 5.56 Å². The maximum absolute atomic E-state index is 13.1. The zero-order valence-corrected chi connectivity index (χ0v) is 13.9. The number of rotatable bonds is 6. The van der Waals surface area contributed by atoms with Crippen LogP contribution in [-0.2, 0) is 11.2 Å². The monoisotopic (exact) mass is 346 g/mol. The minimum atomic E-state index is -0.413. The maximum Gasteiger partial charge on any atom is 0.243 e. The molecule has 0 bridgehead atoms. The molecule has 0 saturated carbocycles. The predicted molar refractivity (Wildman–Crippen MR) is 94.5 cm³/mol. The fourth-order valence-electron chi connectivity index (χ4n) is 2.13. The lowest BCUT2D eigenvalue weighted by Gasteiger charge is -2.12. The average Bonchev–Trinajstić information content (AvgIpc) is 2.59. The van der Waals surface area contributed by atoms with Gasteiger partial charge in [-0.1, -0.05) is 18.2 Å². The van der Waals surface area contributed by atoms with E-state index in [0.717, 1.165) is 5.56 Å². The Kier molecular flexibility index (Phi) is 6.88. The summed E-state index contributed by atoms with van der Waals surface area (Å²) in [6, 6.07) is 12.0. The predicted octanol–water partition coefficient (Wildman–Crippen LogP) is 2.31. The van der Waals surface area contributed by atoms with Crippen LogP contribution >= 0.6 is 0 Å². The van der Waals surface area contributed by atoms with Crippen molar-refractivity contribution in [1.82, 2.24) is 10.6 Å². The molecule has 3 N–H and O–H groups in total. The van der Waals surface area contributed by atoms with Crippen LogP contribution in [0.3, 0.4) is 0 Å². The topological polar surface area (TPSA) is 65.5 Å². The summed E-state index contributed by atoms with van der Waals surface area (Å²) in [5.41, 5.74) is 1.39. The van der Waals surface area contributed by atoms with Crippen molar-refractivity contribution in [3.8, 4) is 0 Å². The second kappa shape index (κ2) is 9.36. The third kappa shape index (κ3) is 6.58. The highest BCUT2D eigenvalue weighted by molar-refractivity contribution is 5.94. The number of nitrogens with one attached hydrogen (secondary N) is 3. The van der Waals surface area contributed by atoms with E-state index in [1.165, 1.54) is 30.3 Å². The fourth-order valence-corrected chi connectivity index (χ4v) is 2.13. The summed E-state index contributed by atoms with van der Waals surface area (Å²) in [5, 5.41) is 8.53. The van der Waals surface area contributed by atoms with Gasteiger partial charge in [-0.3, -0.25) is 9.79 Å². The van der Waals surface area contributed by atoms with Gasteiger partial charge in [-0.25, -0.2) is 8.78 Å². The summed E-state index contributed by atoms with van der Waals surface area (Å²) in [7, 11) is 1.59. The molecule has 0 aliphatic rings. The van der Waals surface area contributed by atoms with Crippen molar-refractivity contribution in [3.63, 3.8) is 0 Å². The van der Waals surface area contributed by atoms with Gasteiger partial charge in [0.15, 0.2) is 5.96 Å². The number of hydrogen-bond acceptors (Lipinski definition) is 2. The van der Waals surface area contributed by atoms with Crippen LogP contribution in [-0.4, -0.2) is 32.0 Å². The first kappa shape index (κ1) is 18.4. The van der Waals surface area contributed by atoms with Gasteiger partial charge in [0, 0.05) is 19.3 Å². The molecule has 5 nitrogen and oxygen atoms in total. The first-order valence-corrected chi connectivity index (χ1v) is 7.81. The Bertz CT molecular complexity index is 732. The highest BCUT2D eigenvalue weighted by Gasteiger charge is 2.05. The standard InChI is InChI=1S/C18H20F2N4O/c1-21-18(22-10-9-13-5-7-14(19)8-6-13)23-12-17(25)24-16-4-2-3-15(20)11-16/h2-8,11H,9-10,12H2,1H3,(H,24,25)(H2,21,22,23). The smallest absolute Gasteiger partial charge is 0.243 e. The number of aliphatic imine (C=N–C) groups is 1. The highest BCUT2D eigenvalue weighted by Crippen LogP contribution is 2.08. The van der Waals surface area contributed by atoms with Crippen molar-refractivity contribution in [3.05, 3.63) is 65.7 Å². The lowest BCUT2D eigenvalue weighted by Crippen LogP contribution is -2.42. The fraction of sp³-hybridized carbons (Fsp3) is 0.222. The Morgan fingerprint density at radius 2 is 1.80 bits per heavy atom. The van der Waals surface area contributed by atoms with Crippen LogP contribution in [0, 0.1) is 11.6 Å². The van der Waals surface area contributed by atoms with Gasteiger partial charge in [0.1, 0.15) is 11.6 Å². The van der Waals surface area contributed by atoms with Gasteiger partial charge in [-0.15, -0.1) is 0 Å². The van der Waals surface area contributed by atoms with E-state index in [4.69, 9.17) is 0 Å². The molecule has 2 aromatic rings. The molecular formula is C18H20F2N4O. The van der Waals surface area contributed by atoms with Gasteiger partial charge >= 0.3 is 0 Å². The number of carbonyl (C=O) groups excluding carboxylic acids is 1. The molecule has 1 amide bonds. The van der Waals surface area contributed by atoms with Crippen molar-refractivity contribution in [1.29, 1.82) is 0 Å². The lowest BCUT2D eigenvalue weighted by molar-refractivity contribution is -0.115. The van der Waals surface area contributed by atoms with E-state index in [0.29, 0.717) is 24.6 Å². The molecule has 0 unspecified atom stereocenters. The number of halogens is 2. The summed E-state index contributed by atoms with van der Waals surface area (Å²) in [4.78, 5) is 15.9. The first-order valence-electron chi connectivity index (χ1n) is 7.81. The molecule has 7 heteroatoms. The Labute approximate surface area is 145 Å². The second-order valence-electron chi connectivity index (χ2n) is 5.29. The van der Waals surface area contributed by atoms with E-state index < -0.39 is 5.82 Å². The molecule has 0 fully saturated rings. The van der Waals surface area contributed by atoms with Crippen LogP contribution in [0.4, 0.5) is 14.5 Å². The van der Waals surface area contributed by atoms with Crippen LogP contribution in [0.25, 0.3) is 0 Å². The molecule has 0 spiro atoms. The van der Waals surface area contributed by atoms with Gasteiger partial charge in [0.2, 0.25) is 5.91 Å². The average molecular weight is 346 g/mol. The number of guanidine groups is 1. The summed E-state index contributed by atoms with van der Waals surface area (Å²) < 4.78 is 25.9. The zero-order valence-electron chi connectivity index (χ0n) is 13.9. The van der Waals surface area contributed by atoms with Crippen molar-refractivity contribution < 1.29 is 13.6 Å². The van der Waals surface area contributed by atoms with Gasteiger partial charge in [0.05, 0.1) is 6.54 Å². The van der Waals surface area contributed by atoms with Crippen molar-refractivity contribution in [2.75, 3.05) is 25.5 Å². The Morgan fingerprint density at radius 1 is 1.04 bits per heavy atom. The van der Waals surface area contributed by atoms with Crippen LogP contribution in [0.5, 0.6) is 0 Å². The summed E-state index contributed by atoms with van der Waals surface area (Å²) in [6.45, 7) is 0.573. The Balaban J connectivity index is 1.72. The molecule has 0 atom stereocenters. The van der Waals surface area contributed by atoms with E-state index >= 15 is 0 Å². The van der Waals surface area contributed by atoms with Gasteiger partial charge in [0.25, 0.3) is 0 Å². The number of anilines is 1. The molecule has 2 rings (SSSR count). The summed E-state index contributed by atoms with van der Waals surface area (Å²) in [5.74, 6) is -0.522. The van der Waals surface area contributed by atoms with Crippen LogP contribution < -0.4 is 16.0 Å². The summed E-state index contributed by atoms with van der Waals surface area (Å²) in [6.07, 6.45) is 0.691. The number of nitrogens with zero attached hydrogens (tertiary/aromatic N) is 1.